The molecule has 0 heterocycles. The Hall–Kier alpha value is -1.06. The maximum atomic E-state index is 11.7. The van der Waals surface area contributed by atoms with Crippen LogP contribution in [-0.4, -0.2) is 18.9 Å². The van der Waals surface area contributed by atoms with Gasteiger partial charge >= 0.3 is 0 Å². The van der Waals surface area contributed by atoms with Gasteiger partial charge in [-0.15, -0.1) is 0 Å². The normalized spacial score (nSPS) is 12.1. The molecule has 3 N–H and O–H groups in total. The molecule has 1 unspecified atom stereocenters. The Balaban J connectivity index is 3.34. The average Bonchev–Trinajstić information content (AvgIpc) is 2.65. The second kappa shape index (κ2) is 19.7. The Morgan fingerprint density at radius 2 is 1.07 bits per heavy atom. The number of primary amides is 1. The highest BCUT2D eigenvalue weighted by atomic mass is 16.2. The van der Waals surface area contributed by atoms with Gasteiger partial charge in [-0.2, -0.15) is 0 Å². The monoisotopic (exact) mass is 382 g/mol. The molecule has 0 aliphatic rings. The van der Waals surface area contributed by atoms with Crippen LogP contribution in [0.25, 0.3) is 0 Å². The van der Waals surface area contributed by atoms with Crippen molar-refractivity contribution >= 4 is 11.8 Å². The van der Waals surface area contributed by atoms with Gasteiger partial charge in [0.2, 0.25) is 11.8 Å². The second-order valence-electron chi connectivity index (χ2n) is 8.07. The molecule has 0 aliphatic carbocycles. The van der Waals surface area contributed by atoms with Gasteiger partial charge in [0.25, 0.3) is 0 Å². The standard InChI is InChI=1S/C23H46N2O2/c1-3-4-5-6-7-8-9-10-11-12-13-14-15-16-17-18-19-21(20-22(24)26)23(27)25-2/h21H,3-20H2,1-2H3,(H2,24,26)(H,25,27). The van der Waals surface area contributed by atoms with Crippen LogP contribution in [0, 0.1) is 5.92 Å². The Morgan fingerprint density at radius 3 is 1.41 bits per heavy atom. The predicted octanol–water partition coefficient (Wildman–Crippen LogP) is 5.88. The SMILES string of the molecule is CCCCCCCCCCCCCCCCCCC(CC(N)=O)C(=O)NC. The fraction of sp³-hybridized carbons (Fsp3) is 0.913. The van der Waals surface area contributed by atoms with E-state index in [2.05, 4.69) is 12.2 Å². The zero-order valence-electron chi connectivity index (χ0n) is 18.2. The Kier molecular flexibility index (Phi) is 18.9. The number of hydrogen-bond donors (Lipinski definition) is 2. The van der Waals surface area contributed by atoms with Crippen LogP contribution >= 0.6 is 0 Å². The lowest BCUT2D eigenvalue weighted by molar-refractivity contribution is -0.129. The third-order valence-corrected chi connectivity index (χ3v) is 5.47. The van der Waals surface area contributed by atoms with E-state index >= 15 is 0 Å². The van der Waals surface area contributed by atoms with Crippen molar-refractivity contribution < 1.29 is 9.59 Å². The first-order chi connectivity index (χ1) is 13.1. The van der Waals surface area contributed by atoms with E-state index in [-0.39, 0.29) is 24.2 Å². The second-order valence-corrected chi connectivity index (χ2v) is 8.07. The largest absolute Gasteiger partial charge is 0.370 e. The van der Waals surface area contributed by atoms with Gasteiger partial charge in [0, 0.05) is 19.4 Å². The number of carbonyl (C=O) groups is 2. The molecule has 0 rings (SSSR count). The van der Waals surface area contributed by atoms with Gasteiger partial charge in [0.1, 0.15) is 0 Å². The topological polar surface area (TPSA) is 72.2 Å². The van der Waals surface area contributed by atoms with E-state index < -0.39 is 0 Å². The summed E-state index contributed by atoms with van der Waals surface area (Å²) < 4.78 is 0. The minimum Gasteiger partial charge on any atom is -0.370 e. The van der Waals surface area contributed by atoms with Crippen LogP contribution in [0.15, 0.2) is 0 Å². The zero-order valence-corrected chi connectivity index (χ0v) is 18.2. The summed E-state index contributed by atoms with van der Waals surface area (Å²) in [5.74, 6) is -0.700. The Morgan fingerprint density at radius 1 is 0.704 bits per heavy atom. The van der Waals surface area contributed by atoms with Crippen molar-refractivity contribution in [3.63, 3.8) is 0 Å². The van der Waals surface area contributed by atoms with Crippen molar-refractivity contribution in [2.24, 2.45) is 11.7 Å². The lowest BCUT2D eigenvalue weighted by Crippen LogP contribution is -2.30. The molecule has 27 heavy (non-hydrogen) atoms. The first kappa shape index (κ1) is 25.9. The molecule has 0 saturated heterocycles. The molecule has 0 aromatic rings. The average molecular weight is 383 g/mol. The van der Waals surface area contributed by atoms with E-state index in [0.29, 0.717) is 0 Å². The number of carbonyl (C=O) groups excluding carboxylic acids is 2. The van der Waals surface area contributed by atoms with E-state index in [0.717, 1.165) is 19.3 Å². The lowest BCUT2D eigenvalue weighted by Gasteiger charge is -2.13. The molecular formula is C23H46N2O2. The molecular weight excluding hydrogens is 336 g/mol. The fourth-order valence-corrected chi connectivity index (χ4v) is 3.71. The maximum Gasteiger partial charge on any atom is 0.223 e. The maximum absolute atomic E-state index is 11.7. The van der Waals surface area contributed by atoms with Crippen molar-refractivity contribution in [1.82, 2.24) is 5.32 Å². The summed E-state index contributed by atoms with van der Waals surface area (Å²) in [5, 5.41) is 2.63. The van der Waals surface area contributed by atoms with Gasteiger partial charge in [0.15, 0.2) is 0 Å². The van der Waals surface area contributed by atoms with Crippen LogP contribution in [-0.2, 0) is 9.59 Å². The minimum absolute atomic E-state index is 0.0604. The first-order valence-electron chi connectivity index (χ1n) is 11.6. The molecule has 0 aromatic carbocycles. The Bertz CT molecular complexity index is 358. The van der Waals surface area contributed by atoms with Crippen molar-refractivity contribution in [2.45, 2.75) is 122 Å². The quantitative estimate of drug-likeness (QED) is 0.258. The van der Waals surface area contributed by atoms with E-state index in [1.54, 1.807) is 7.05 Å². The predicted molar refractivity (Wildman–Crippen MR) is 116 cm³/mol. The number of hydrogen-bond acceptors (Lipinski definition) is 2. The highest BCUT2D eigenvalue weighted by Gasteiger charge is 2.18. The van der Waals surface area contributed by atoms with Gasteiger partial charge < -0.3 is 11.1 Å². The summed E-state index contributed by atoms with van der Waals surface area (Å²) in [7, 11) is 1.62. The molecule has 4 nitrogen and oxygen atoms in total. The Labute approximate surface area is 168 Å². The molecule has 0 fully saturated rings. The van der Waals surface area contributed by atoms with Gasteiger partial charge in [-0.3, -0.25) is 9.59 Å². The van der Waals surface area contributed by atoms with Crippen molar-refractivity contribution in [3.05, 3.63) is 0 Å². The zero-order chi connectivity index (χ0) is 20.2. The fourth-order valence-electron chi connectivity index (χ4n) is 3.71. The number of nitrogens with two attached hydrogens (primary N) is 1. The van der Waals surface area contributed by atoms with Gasteiger partial charge in [-0.1, -0.05) is 110 Å². The van der Waals surface area contributed by atoms with Crippen LogP contribution in [0.4, 0.5) is 0 Å². The first-order valence-corrected chi connectivity index (χ1v) is 11.6. The van der Waals surface area contributed by atoms with Crippen molar-refractivity contribution in [3.8, 4) is 0 Å². The summed E-state index contributed by atoms with van der Waals surface area (Å²) in [5.41, 5.74) is 5.23. The lowest BCUT2D eigenvalue weighted by atomic mass is 9.96. The molecule has 0 aliphatic heterocycles. The molecule has 1 atom stereocenters. The molecule has 160 valence electrons. The van der Waals surface area contributed by atoms with E-state index in [9.17, 15) is 9.59 Å². The number of amides is 2. The summed E-state index contributed by atoms with van der Waals surface area (Å²) in [6.45, 7) is 2.27. The van der Waals surface area contributed by atoms with Crippen LogP contribution in [0.2, 0.25) is 0 Å². The summed E-state index contributed by atoms with van der Waals surface area (Å²) in [6, 6.07) is 0. The molecule has 0 aromatic heterocycles. The van der Waals surface area contributed by atoms with Gasteiger partial charge in [0.05, 0.1) is 0 Å². The van der Waals surface area contributed by atoms with Gasteiger partial charge in [-0.05, 0) is 6.42 Å². The highest BCUT2D eigenvalue weighted by Crippen LogP contribution is 2.17. The number of nitrogens with one attached hydrogen (secondary N) is 1. The van der Waals surface area contributed by atoms with Gasteiger partial charge in [-0.25, -0.2) is 0 Å². The van der Waals surface area contributed by atoms with E-state index in [4.69, 9.17) is 5.73 Å². The van der Waals surface area contributed by atoms with Crippen LogP contribution in [0.3, 0.4) is 0 Å². The van der Waals surface area contributed by atoms with Crippen LogP contribution in [0.5, 0.6) is 0 Å². The molecule has 0 radical (unpaired) electrons. The van der Waals surface area contributed by atoms with E-state index in [1.165, 1.54) is 89.9 Å². The number of unbranched alkanes of at least 4 members (excludes halogenated alkanes) is 15. The smallest absolute Gasteiger partial charge is 0.223 e. The highest BCUT2D eigenvalue weighted by molar-refractivity contribution is 5.84. The third kappa shape index (κ3) is 18.1. The molecule has 4 heteroatoms. The van der Waals surface area contributed by atoms with Crippen molar-refractivity contribution in [2.75, 3.05) is 7.05 Å². The minimum atomic E-state index is -0.389. The molecule has 0 spiro atoms. The molecule has 0 saturated carbocycles. The van der Waals surface area contributed by atoms with Crippen LogP contribution < -0.4 is 11.1 Å². The third-order valence-electron chi connectivity index (χ3n) is 5.47. The van der Waals surface area contributed by atoms with Crippen molar-refractivity contribution in [1.29, 1.82) is 0 Å². The summed E-state index contributed by atoms with van der Waals surface area (Å²) in [4.78, 5) is 22.8. The molecule has 2 amide bonds. The number of rotatable bonds is 20. The molecule has 0 bridgehead atoms. The van der Waals surface area contributed by atoms with E-state index in [1.807, 2.05) is 0 Å². The van der Waals surface area contributed by atoms with Crippen LogP contribution in [0.1, 0.15) is 122 Å². The summed E-state index contributed by atoms with van der Waals surface area (Å²) >= 11 is 0. The summed E-state index contributed by atoms with van der Waals surface area (Å²) in [6.07, 6.45) is 22.4.